The normalized spacial score (nSPS) is 20.0. The van der Waals surface area contributed by atoms with Gasteiger partial charge in [0.25, 0.3) is 0 Å². The average Bonchev–Trinajstić information content (AvgIpc) is 3.34. The van der Waals surface area contributed by atoms with E-state index in [1.54, 1.807) is 6.07 Å². The first-order valence-electron chi connectivity index (χ1n) is 7.96. The molecule has 1 saturated carbocycles. The van der Waals surface area contributed by atoms with E-state index in [9.17, 15) is 24.3 Å². The smallest absolute Gasteiger partial charge is 0.329 e. The zero-order valence-corrected chi connectivity index (χ0v) is 15.8. The Labute approximate surface area is 159 Å². The van der Waals surface area contributed by atoms with E-state index >= 15 is 0 Å². The third kappa shape index (κ3) is 2.77. The van der Waals surface area contributed by atoms with Crippen molar-refractivity contribution in [1.82, 2.24) is 14.9 Å². The number of hydrogen-bond acceptors (Lipinski definition) is 5. The number of nitrogens with zero attached hydrogens (tertiary/aromatic N) is 1. The van der Waals surface area contributed by atoms with E-state index in [1.165, 1.54) is 16.3 Å². The molecular formula is C16H14BrN3O5S. The predicted octanol–water partition coefficient (Wildman–Crippen LogP) is 1.22. The van der Waals surface area contributed by atoms with E-state index in [1.807, 2.05) is 6.07 Å². The van der Waals surface area contributed by atoms with Crippen LogP contribution in [0.3, 0.4) is 0 Å². The summed E-state index contributed by atoms with van der Waals surface area (Å²) in [6.45, 7) is 0. The van der Waals surface area contributed by atoms with Gasteiger partial charge in [0.05, 0.1) is 17.1 Å². The van der Waals surface area contributed by atoms with E-state index < -0.39 is 34.6 Å². The van der Waals surface area contributed by atoms with Crippen LogP contribution in [-0.4, -0.2) is 37.8 Å². The molecule has 10 heteroatoms. The molecule has 1 fully saturated rings. The van der Waals surface area contributed by atoms with Gasteiger partial charge in [-0.15, -0.1) is 11.8 Å². The molecule has 0 bridgehead atoms. The van der Waals surface area contributed by atoms with Crippen LogP contribution in [0, 0.1) is 0 Å². The molecule has 26 heavy (non-hydrogen) atoms. The maximum absolute atomic E-state index is 12.5. The summed E-state index contributed by atoms with van der Waals surface area (Å²) < 4.78 is 2.15. The molecule has 136 valence electrons. The Kier molecular flexibility index (Phi) is 3.99. The number of aromatic amines is 1. The zero-order valence-electron chi connectivity index (χ0n) is 13.4. The number of carboxylic acids is 1. The fraction of sp³-hybridized carbons (Fsp3) is 0.375. The molecule has 3 N–H and O–H groups in total. The Morgan fingerprint density at radius 1 is 1.38 bits per heavy atom. The lowest BCUT2D eigenvalue weighted by Crippen LogP contribution is -2.45. The van der Waals surface area contributed by atoms with Crippen LogP contribution in [0.5, 0.6) is 0 Å². The summed E-state index contributed by atoms with van der Waals surface area (Å²) in [5.74, 6) is -1.04. The van der Waals surface area contributed by atoms with Crippen molar-refractivity contribution in [3.8, 4) is 0 Å². The van der Waals surface area contributed by atoms with Crippen molar-refractivity contribution >= 4 is 50.6 Å². The Morgan fingerprint density at radius 2 is 2.12 bits per heavy atom. The summed E-state index contributed by atoms with van der Waals surface area (Å²) >= 11 is 4.87. The van der Waals surface area contributed by atoms with Crippen LogP contribution in [0.25, 0.3) is 11.0 Å². The Bertz CT molecular complexity index is 1070. The van der Waals surface area contributed by atoms with Gasteiger partial charge >= 0.3 is 17.1 Å². The number of carbonyl (C=O) groups excluding carboxylic acids is 1. The predicted molar refractivity (Wildman–Crippen MR) is 98.7 cm³/mol. The molecule has 2 heterocycles. The third-order valence-electron chi connectivity index (χ3n) is 4.70. The minimum absolute atomic E-state index is 0.0595. The molecule has 8 nitrogen and oxygen atoms in total. The number of H-pyrrole nitrogens is 1. The van der Waals surface area contributed by atoms with Crippen molar-refractivity contribution < 1.29 is 14.7 Å². The van der Waals surface area contributed by atoms with Gasteiger partial charge in [0.1, 0.15) is 5.54 Å². The van der Waals surface area contributed by atoms with Gasteiger partial charge in [0.2, 0.25) is 5.91 Å². The largest absolute Gasteiger partial charge is 0.480 e. The summed E-state index contributed by atoms with van der Waals surface area (Å²) in [6.07, 6.45) is 0.745. The van der Waals surface area contributed by atoms with Crippen molar-refractivity contribution in [3.63, 3.8) is 0 Å². The maximum Gasteiger partial charge on any atom is 0.329 e. The molecule has 1 amide bonds. The monoisotopic (exact) mass is 439 g/mol. The summed E-state index contributed by atoms with van der Waals surface area (Å²) in [5.41, 5.74) is -1.52. The molecule has 0 saturated heterocycles. The van der Waals surface area contributed by atoms with E-state index in [-0.39, 0.29) is 6.42 Å². The molecule has 1 aliphatic heterocycles. The molecule has 2 aliphatic rings. The molecule has 1 aromatic heterocycles. The first kappa shape index (κ1) is 17.3. The highest BCUT2D eigenvalue weighted by molar-refractivity contribution is 9.10. The van der Waals surface area contributed by atoms with Crippen molar-refractivity contribution in [2.45, 2.75) is 35.7 Å². The molecule has 1 aromatic carbocycles. The Hall–Kier alpha value is -2.07. The number of aromatic nitrogens is 2. The standard InChI is InChI=1S/C16H14BrN3O5S/c17-7-3-9-12-10(4-7)26-6-8(20(12)14(23)13(22)18-9)5-11(21)19-16(1-2-16)15(24)25/h3-4,8H,1-2,5-6H2,(H,18,22)(H,19,21)(H,24,25). The number of halogens is 1. The molecule has 2 aromatic rings. The number of thioether (sulfide) groups is 1. The Morgan fingerprint density at radius 3 is 2.77 bits per heavy atom. The summed E-state index contributed by atoms with van der Waals surface area (Å²) in [4.78, 5) is 51.5. The van der Waals surface area contributed by atoms with E-state index in [0.29, 0.717) is 29.6 Å². The molecular weight excluding hydrogens is 426 g/mol. The van der Waals surface area contributed by atoms with Gasteiger partial charge in [-0.2, -0.15) is 0 Å². The maximum atomic E-state index is 12.5. The number of hydrogen-bond donors (Lipinski definition) is 3. The van der Waals surface area contributed by atoms with E-state index in [4.69, 9.17) is 0 Å². The zero-order chi connectivity index (χ0) is 18.6. The van der Waals surface area contributed by atoms with Gasteiger partial charge in [-0.05, 0) is 25.0 Å². The highest BCUT2D eigenvalue weighted by Crippen LogP contribution is 2.39. The van der Waals surface area contributed by atoms with Crippen molar-refractivity contribution in [2.24, 2.45) is 0 Å². The second-order valence-corrected chi connectivity index (χ2v) is 8.51. The van der Waals surface area contributed by atoms with Crippen LogP contribution in [0.2, 0.25) is 0 Å². The highest BCUT2D eigenvalue weighted by Gasteiger charge is 2.51. The van der Waals surface area contributed by atoms with Crippen molar-refractivity contribution in [1.29, 1.82) is 0 Å². The number of aliphatic carboxylic acids is 1. The van der Waals surface area contributed by atoms with Crippen LogP contribution >= 0.6 is 27.7 Å². The van der Waals surface area contributed by atoms with Crippen LogP contribution in [-0.2, 0) is 9.59 Å². The lowest BCUT2D eigenvalue weighted by Gasteiger charge is -2.27. The van der Waals surface area contributed by atoms with Gasteiger partial charge in [0, 0.05) is 21.5 Å². The summed E-state index contributed by atoms with van der Waals surface area (Å²) in [7, 11) is 0. The minimum atomic E-state index is -1.17. The summed E-state index contributed by atoms with van der Waals surface area (Å²) in [6, 6.07) is 3.06. The van der Waals surface area contributed by atoms with Crippen LogP contribution in [0.4, 0.5) is 0 Å². The number of rotatable bonds is 4. The molecule has 1 aliphatic carbocycles. The molecule has 0 radical (unpaired) electrons. The highest BCUT2D eigenvalue weighted by atomic mass is 79.9. The fourth-order valence-corrected chi connectivity index (χ4v) is 5.03. The average molecular weight is 440 g/mol. The number of nitrogens with one attached hydrogen (secondary N) is 2. The van der Waals surface area contributed by atoms with Crippen LogP contribution in [0.15, 0.2) is 31.1 Å². The first-order chi connectivity index (χ1) is 12.3. The second kappa shape index (κ2) is 5.98. The van der Waals surface area contributed by atoms with Gasteiger partial charge in [-0.1, -0.05) is 15.9 Å². The fourth-order valence-electron chi connectivity index (χ4n) is 3.22. The van der Waals surface area contributed by atoms with Gasteiger partial charge in [0.15, 0.2) is 0 Å². The van der Waals surface area contributed by atoms with E-state index in [2.05, 4.69) is 26.2 Å². The number of amides is 1. The molecule has 1 atom stereocenters. The number of carbonyl (C=O) groups is 2. The lowest BCUT2D eigenvalue weighted by molar-refractivity contribution is -0.143. The quantitative estimate of drug-likeness (QED) is 0.615. The third-order valence-corrected chi connectivity index (χ3v) is 6.33. The Balaban J connectivity index is 1.72. The van der Waals surface area contributed by atoms with Gasteiger partial charge in [-0.3, -0.25) is 19.0 Å². The topological polar surface area (TPSA) is 121 Å². The SMILES string of the molecule is O=C(CC1CSc2cc(Br)cc3[nH]c(=O)c(=O)n1c23)NC1(C(=O)O)CC1. The van der Waals surface area contributed by atoms with Crippen LogP contribution in [0.1, 0.15) is 25.3 Å². The van der Waals surface area contributed by atoms with E-state index in [0.717, 1.165) is 9.37 Å². The van der Waals surface area contributed by atoms with Gasteiger partial charge < -0.3 is 15.4 Å². The second-order valence-electron chi connectivity index (χ2n) is 6.53. The molecule has 0 spiro atoms. The van der Waals surface area contributed by atoms with Gasteiger partial charge in [-0.25, -0.2) is 4.79 Å². The van der Waals surface area contributed by atoms with Crippen molar-refractivity contribution in [3.05, 3.63) is 37.3 Å². The number of carboxylic acid groups (broad SMARTS) is 1. The number of benzene rings is 1. The van der Waals surface area contributed by atoms with Crippen molar-refractivity contribution in [2.75, 3.05) is 5.75 Å². The van der Waals surface area contributed by atoms with Crippen LogP contribution < -0.4 is 16.4 Å². The lowest BCUT2D eigenvalue weighted by atomic mass is 10.1. The summed E-state index contributed by atoms with van der Waals surface area (Å²) in [5, 5.41) is 11.8. The molecule has 1 unspecified atom stereocenters. The minimum Gasteiger partial charge on any atom is -0.480 e. The first-order valence-corrected chi connectivity index (χ1v) is 9.74. The molecule has 4 rings (SSSR count).